The SMILES string of the molecule is C[C@@H]1CN(c2cnc3nc(-c4cc5cn(C)nc5cc4O)cc(Cl)c3c2)C[C@@H](C)N1C. The minimum Gasteiger partial charge on any atom is -0.507 e. The fraction of sp³-hybridized carbons (Fsp3) is 0.348. The Morgan fingerprint density at radius 1 is 1.06 bits per heavy atom. The van der Waals surface area contributed by atoms with E-state index < -0.39 is 0 Å². The Morgan fingerprint density at radius 2 is 1.81 bits per heavy atom. The van der Waals surface area contributed by atoms with Crippen LogP contribution in [0.2, 0.25) is 5.02 Å². The first-order valence-corrected chi connectivity index (χ1v) is 10.8. The lowest BCUT2D eigenvalue weighted by Crippen LogP contribution is -2.55. The van der Waals surface area contributed by atoms with Crippen molar-refractivity contribution in [2.45, 2.75) is 25.9 Å². The fourth-order valence-electron chi connectivity index (χ4n) is 4.37. The van der Waals surface area contributed by atoms with E-state index in [9.17, 15) is 5.11 Å². The monoisotopic (exact) mass is 436 g/mol. The van der Waals surface area contributed by atoms with E-state index in [2.05, 4.69) is 46.8 Å². The fourth-order valence-corrected chi connectivity index (χ4v) is 4.61. The van der Waals surface area contributed by atoms with Crippen molar-refractivity contribution >= 4 is 39.2 Å². The number of piperazine rings is 1. The van der Waals surface area contributed by atoms with E-state index in [0.29, 0.717) is 34.0 Å². The number of aryl methyl sites for hydroxylation is 1. The van der Waals surface area contributed by atoms with E-state index in [0.717, 1.165) is 35.1 Å². The molecule has 1 fully saturated rings. The van der Waals surface area contributed by atoms with Crippen LogP contribution in [-0.4, -0.2) is 62.0 Å². The molecule has 7 nitrogen and oxygen atoms in total. The summed E-state index contributed by atoms with van der Waals surface area (Å²) in [7, 11) is 4.02. The van der Waals surface area contributed by atoms with Crippen LogP contribution in [0.5, 0.6) is 5.75 Å². The van der Waals surface area contributed by atoms with Crippen LogP contribution in [0, 0.1) is 0 Å². The second-order valence-electron chi connectivity index (χ2n) is 8.55. The molecule has 3 aromatic heterocycles. The second kappa shape index (κ2) is 7.35. The molecule has 5 rings (SSSR count). The van der Waals surface area contributed by atoms with Crippen molar-refractivity contribution in [1.82, 2.24) is 24.6 Å². The summed E-state index contributed by atoms with van der Waals surface area (Å²) in [6.07, 6.45) is 3.77. The zero-order chi connectivity index (χ0) is 21.9. The molecule has 31 heavy (non-hydrogen) atoms. The van der Waals surface area contributed by atoms with E-state index in [1.807, 2.05) is 25.5 Å². The zero-order valence-electron chi connectivity index (χ0n) is 18.0. The van der Waals surface area contributed by atoms with Crippen molar-refractivity contribution < 1.29 is 5.11 Å². The maximum absolute atomic E-state index is 10.6. The molecule has 2 atom stereocenters. The molecule has 4 aromatic rings. The van der Waals surface area contributed by atoms with Gasteiger partial charge in [0.25, 0.3) is 0 Å². The number of rotatable bonds is 2. The maximum Gasteiger partial charge on any atom is 0.161 e. The van der Waals surface area contributed by atoms with E-state index >= 15 is 0 Å². The van der Waals surface area contributed by atoms with Gasteiger partial charge in [-0.2, -0.15) is 5.10 Å². The molecule has 0 unspecified atom stereocenters. The summed E-state index contributed by atoms with van der Waals surface area (Å²) in [4.78, 5) is 14.1. The number of likely N-dealkylation sites (N-methyl/N-ethyl adjacent to an activating group) is 1. The number of phenols is 1. The third-order valence-corrected chi connectivity index (χ3v) is 6.65. The second-order valence-corrected chi connectivity index (χ2v) is 8.96. The minimum atomic E-state index is 0.117. The topological polar surface area (TPSA) is 70.3 Å². The van der Waals surface area contributed by atoms with Gasteiger partial charge in [-0.15, -0.1) is 0 Å². The van der Waals surface area contributed by atoms with Crippen molar-refractivity contribution in [2.24, 2.45) is 7.05 Å². The van der Waals surface area contributed by atoms with Gasteiger partial charge in [0, 0.05) is 60.8 Å². The quantitative estimate of drug-likeness (QED) is 0.510. The average Bonchev–Trinajstić information content (AvgIpc) is 3.09. The van der Waals surface area contributed by atoms with Gasteiger partial charge >= 0.3 is 0 Å². The van der Waals surface area contributed by atoms with Gasteiger partial charge in [0.1, 0.15) is 5.75 Å². The normalized spacial score (nSPS) is 20.1. The smallest absolute Gasteiger partial charge is 0.161 e. The van der Waals surface area contributed by atoms with Crippen LogP contribution in [0.1, 0.15) is 13.8 Å². The van der Waals surface area contributed by atoms with Gasteiger partial charge in [0.2, 0.25) is 0 Å². The van der Waals surface area contributed by atoms with Crippen molar-refractivity contribution in [2.75, 3.05) is 25.0 Å². The number of halogens is 1. The van der Waals surface area contributed by atoms with Crippen LogP contribution in [0.4, 0.5) is 5.69 Å². The Morgan fingerprint density at radius 3 is 2.55 bits per heavy atom. The highest BCUT2D eigenvalue weighted by atomic mass is 35.5. The third-order valence-electron chi connectivity index (χ3n) is 6.34. The van der Waals surface area contributed by atoms with E-state index in [1.54, 1.807) is 16.8 Å². The minimum absolute atomic E-state index is 0.117. The Labute approximate surface area is 185 Å². The molecule has 0 spiro atoms. The van der Waals surface area contributed by atoms with Crippen molar-refractivity contribution in [3.05, 3.63) is 41.7 Å². The number of aromatic hydroxyl groups is 1. The number of aromatic nitrogens is 4. The van der Waals surface area contributed by atoms with Gasteiger partial charge in [-0.1, -0.05) is 11.6 Å². The zero-order valence-corrected chi connectivity index (χ0v) is 18.8. The first-order valence-electron chi connectivity index (χ1n) is 10.4. The highest BCUT2D eigenvalue weighted by Crippen LogP contribution is 2.36. The molecule has 1 aromatic carbocycles. The van der Waals surface area contributed by atoms with E-state index in [1.165, 1.54) is 0 Å². The van der Waals surface area contributed by atoms with Crippen molar-refractivity contribution in [3.8, 4) is 17.0 Å². The molecule has 1 N–H and O–H groups in total. The molecule has 1 aliphatic heterocycles. The third kappa shape index (κ3) is 3.47. The number of benzene rings is 1. The lowest BCUT2D eigenvalue weighted by atomic mass is 10.1. The number of hydrogen-bond acceptors (Lipinski definition) is 6. The molecule has 0 aliphatic carbocycles. The van der Waals surface area contributed by atoms with Crippen LogP contribution >= 0.6 is 11.6 Å². The average molecular weight is 437 g/mol. The molecule has 0 amide bonds. The summed E-state index contributed by atoms with van der Waals surface area (Å²) in [5.74, 6) is 0.117. The largest absolute Gasteiger partial charge is 0.507 e. The summed E-state index contributed by atoms with van der Waals surface area (Å²) in [5, 5.41) is 17.2. The first kappa shape index (κ1) is 20.0. The number of fused-ring (bicyclic) bond motifs is 2. The van der Waals surface area contributed by atoms with Crippen molar-refractivity contribution in [3.63, 3.8) is 0 Å². The standard InChI is InChI=1S/C23H25ClN6O/c1-13-10-30(11-14(2)29(13)4)16-6-17-19(24)7-21(26-23(17)25-9-16)18-5-15-12-28(3)27-20(15)8-22(18)31/h5-9,12-14,31H,10-11H2,1-4H3/t13-,14-/m1/s1. The molecule has 4 heterocycles. The summed E-state index contributed by atoms with van der Waals surface area (Å²) in [5.41, 5.74) is 3.54. The van der Waals surface area contributed by atoms with Gasteiger partial charge < -0.3 is 10.0 Å². The predicted molar refractivity (Wildman–Crippen MR) is 125 cm³/mol. The highest BCUT2D eigenvalue weighted by Gasteiger charge is 2.27. The van der Waals surface area contributed by atoms with Gasteiger partial charge in [-0.25, -0.2) is 9.97 Å². The molecule has 0 bridgehead atoms. The molecular weight excluding hydrogens is 412 g/mol. The number of hydrogen-bond donors (Lipinski definition) is 1. The summed E-state index contributed by atoms with van der Waals surface area (Å²) < 4.78 is 1.72. The summed E-state index contributed by atoms with van der Waals surface area (Å²) in [6, 6.07) is 8.31. The number of nitrogens with zero attached hydrogens (tertiary/aromatic N) is 6. The van der Waals surface area contributed by atoms with Crippen LogP contribution in [0.3, 0.4) is 0 Å². The molecule has 8 heteroatoms. The highest BCUT2D eigenvalue weighted by molar-refractivity contribution is 6.35. The van der Waals surface area contributed by atoms with Crippen LogP contribution in [-0.2, 0) is 7.05 Å². The number of pyridine rings is 2. The van der Waals surface area contributed by atoms with Crippen LogP contribution in [0.15, 0.2) is 36.7 Å². The van der Waals surface area contributed by atoms with Gasteiger partial charge in [0.15, 0.2) is 5.65 Å². The molecule has 1 aliphatic rings. The Hall–Kier alpha value is -2.90. The van der Waals surface area contributed by atoms with Gasteiger partial charge in [-0.05, 0) is 39.1 Å². The maximum atomic E-state index is 10.6. The van der Waals surface area contributed by atoms with Crippen molar-refractivity contribution in [1.29, 1.82) is 0 Å². The lowest BCUT2D eigenvalue weighted by Gasteiger charge is -2.43. The predicted octanol–water partition coefficient (Wildman–Crippen LogP) is 4.07. The molecule has 160 valence electrons. The Kier molecular flexibility index (Phi) is 4.75. The lowest BCUT2D eigenvalue weighted by molar-refractivity contribution is 0.170. The van der Waals surface area contributed by atoms with E-state index in [4.69, 9.17) is 16.6 Å². The summed E-state index contributed by atoms with van der Waals surface area (Å²) in [6.45, 7) is 6.36. The summed E-state index contributed by atoms with van der Waals surface area (Å²) >= 11 is 6.67. The number of phenolic OH excluding ortho intramolecular Hbond substituents is 1. The molecule has 0 radical (unpaired) electrons. The molecular formula is C23H25ClN6O. The first-order chi connectivity index (χ1) is 14.8. The van der Waals surface area contributed by atoms with E-state index in [-0.39, 0.29) is 5.75 Å². The molecule has 1 saturated heterocycles. The number of anilines is 1. The van der Waals surface area contributed by atoms with Gasteiger partial charge in [0.05, 0.1) is 28.1 Å². The molecule has 0 saturated carbocycles. The van der Waals surface area contributed by atoms with Crippen LogP contribution < -0.4 is 4.90 Å². The van der Waals surface area contributed by atoms with Gasteiger partial charge in [-0.3, -0.25) is 9.58 Å². The Bertz CT molecular complexity index is 1290. The van der Waals surface area contributed by atoms with Crippen LogP contribution in [0.25, 0.3) is 33.2 Å². The Balaban J connectivity index is 1.55.